The maximum Gasteiger partial charge on any atom is 0.0401 e. The Kier molecular flexibility index (Phi) is 3.49. The van der Waals surface area contributed by atoms with Crippen LogP contribution in [0.3, 0.4) is 0 Å². The molecule has 2 N–H and O–H groups in total. The second-order valence-corrected chi connectivity index (χ2v) is 5.06. The Labute approximate surface area is 98.4 Å². The van der Waals surface area contributed by atoms with Gasteiger partial charge in [-0.3, -0.25) is 0 Å². The highest BCUT2D eigenvalue weighted by atomic mass is 15.2. The van der Waals surface area contributed by atoms with Gasteiger partial charge in [-0.05, 0) is 30.4 Å². The Morgan fingerprint density at radius 3 is 2.75 bits per heavy atom. The molecule has 1 atom stereocenters. The smallest absolute Gasteiger partial charge is 0.0401 e. The molecule has 2 nitrogen and oxygen atoms in total. The Morgan fingerprint density at radius 1 is 1.31 bits per heavy atom. The summed E-state index contributed by atoms with van der Waals surface area (Å²) in [6.45, 7) is 6.66. The summed E-state index contributed by atoms with van der Waals surface area (Å²) in [7, 11) is 0. The normalized spacial score (nSPS) is 21.5. The molecule has 0 aliphatic carbocycles. The second-order valence-electron chi connectivity index (χ2n) is 5.06. The third kappa shape index (κ3) is 2.38. The van der Waals surface area contributed by atoms with Gasteiger partial charge in [-0.1, -0.05) is 32.0 Å². The van der Waals surface area contributed by atoms with Crippen LogP contribution in [0.15, 0.2) is 24.3 Å². The molecule has 1 aliphatic heterocycles. The van der Waals surface area contributed by atoms with E-state index in [1.807, 2.05) is 0 Å². The average Bonchev–Trinajstić information content (AvgIpc) is 2.29. The van der Waals surface area contributed by atoms with Crippen LogP contribution in [-0.2, 0) is 0 Å². The Balaban J connectivity index is 2.25. The van der Waals surface area contributed by atoms with E-state index < -0.39 is 0 Å². The van der Waals surface area contributed by atoms with Crippen LogP contribution in [0.4, 0.5) is 5.69 Å². The van der Waals surface area contributed by atoms with Crippen molar-refractivity contribution in [3.8, 4) is 0 Å². The molecule has 1 aromatic carbocycles. The van der Waals surface area contributed by atoms with Crippen molar-refractivity contribution in [2.75, 3.05) is 18.0 Å². The lowest BCUT2D eigenvalue weighted by Gasteiger charge is -2.34. The van der Waals surface area contributed by atoms with E-state index in [-0.39, 0.29) is 0 Å². The topological polar surface area (TPSA) is 29.3 Å². The predicted octanol–water partition coefficient (Wildman–Crippen LogP) is 2.74. The monoisotopic (exact) mass is 218 g/mol. The SMILES string of the molecule is CC(C)c1ccccc1N1CCCC(N)C1. The van der Waals surface area contributed by atoms with Gasteiger partial charge < -0.3 is 10.6 Å². The standard InChI is InChI=1S/C14H22N2/c1-11(2)13-7-3-4-8-14(13)16-9-5-6-12(15)10-16/h3-4,7-8,11-12H,5-6,9-10,15H2,1-2H3. The minimum atomic E-state index is 0.342. The Morgan fingerprint density at radius 2 is 2.06 bits per heavy atom. The summed E-state index contributed by atoms with van der Waals surface area (Å²) in [5.74, 6) is 0.578. The van der Waals surface area contributed by atoms with E-state index in [1.165, 1.54) is 24.1 Å². The molecule has 0 aromatic heterocycles. The van der Waals surface area contributed by atoms with Crippen LogP contribution in [0.25, 0.3) is 0 Å². The van der Waals surface area contributed by atoms with Crippen LogP contribution in [0.1, 0.15) is 38.2 Å². The van der Waals surface area contributed by atoms with Gasteiger partial charge in [0, 0.05) is 24.8 Å². The highest BCUT2D eigenvalue weighted by Gasteiger charge is 2.19. The number of nitrogens with two attached hydrogens (primary N) is 1. The second kappa shape index (κ2) is 4.88. The van der Waals surface area contributed by atoms with Crippen LogP contribution in [0.5, 0.6) is 0 Å². The molecule has 0 spiro atoms. The lowest BCUT2D eigenvalue weighted by atomic mass is 9.98. The molecule has 0 amide bonds. The van der Waals surface area contributed by atoms with Crippen molar-refractivity contribution in [2.45, 2.75) is 38.6 Å². The van der Waals surface area contributed by atoms with E-state index in [1.54, 1.807) is 0 Å². The summed E-state index contributed by atoms with van der Waals surface area (Å²) in [4.78, 5) is 2.45. The maximum absolute atomic E-state index is 6.05. The first-order valence-corrected chi connectivity index (χ1v) is 6.28. The largest absolute Gasteiger partial charge is 0.370 e. The van der Waals surface area contributed by atoms with Gasteiger partial charge in [-0.15, -0.1) is 0 Å². The number of para-hydroxylation sites is 1. The molecular weight excluding hydrogens is 196 g/mol. The quantitative estimate of drug-likeness (QED) is 0.827. The van der Waals surface area contributed by atoms with Gasteiger partial charge in [0.05, 0.1) is 0 Å². The van der Waals surface area contributed by atoms with Crippen molar-refractivity contribution in [3.63, 3.8) is 0 Å². The summed E-state index contributed by atoms with van der Waals surface area (Å²) >= 11 is 0. The molecule has 2 rings (SSSR count). The zero-order valence-corrected chi connectivity index (χ0v) is 10.3. The number of piperidine rings is 1. The van der Waals surface area contributed by atoms with Gasteiger partial charge in [0.1, 0.15) is 0 Å². The Bertz CT molecular complexity index is 346. The minimum absolute atomic E-state index is 0.342. The average molecular weight is 218 g/mol. The van der Waals surface area contributed by atoms with E-state index in [2.05, 4.69) is 43.0 Å². The van der Waals surface area contributed by atoms with E-state index in [0.29, 0.717) is 12.0 Å². The van der Waals surface area contributed by atoms with Gasteiger partial charge in [0.25, 0.3) is 0 Å². The van der Waals surface area contributed by atoms with E-state index in [0.717, 1.165) is 13.1 Å². The number of nitrogens with zero attached hydrogens (tertiary/aromatic N) is 1. The van der Waals surface area contributed by atoms with Crippen LogP contribution in [-0.4, -0.2) is 19.1 Å². The predicted molar refractivity (Wildman–Crippen MR) is 70.0 cm³/mol. The first-order valence-electron chi connectivity index (χ1n) is 6.28. The molecule has 0 radical (unpaired) electrons. The summed E-state index contributed by atoms with van der Waals surface area (Å²) in [6.07, 6.45) is 2.38. The van der Waals surface area contributed by atoms with E-state index >= 15 is 0 Å². The van der Waals surface area contributed by atoms with Crippen molar-refractivity contribution in [2.24, 2.45) is 5.73 Å². The fourth-order valence-electron chi connectivity index (χ4n) is 2.49. The molecule has 1 saturated heterocycles. The summed E-state index contributed by atoms with van der Waals surface area (Å²) < 4.78 is 0. The fraction of sp³-hybridized carbons (Fsp3) is 0.571. The van der Waals surface area contributed by atoms with Crippen molar-refractivity contribution in [1.82, 2.24) is 0 Å². The van der Waals surface area contributed by atoms with Crippen LogP contribution in [0.2, 0.25) is 0 Å². The molecule has 1 aliphatic rings. The first-order chi connectivity index (χ1) is 7.68. The zero-order valence-electron chi connectivity index (χ0n) is 10.3. The van der Waals surface area contributed by atoms with Gasteiger partial charge in [0.15, 0.2) is 0 Å². The van der Waals surface area contributed by atoms with Crippen molar-refractivity contribution < 1.29 is 0 Å². The summed E-state index contributed by atoms with van der Waals surface area (Å²) in [6, 6.07) is 9.06. The van der Waals surface area contributed by atoms with Crippen molar-refractivity contribution in [1.29, 1.82) is 0 Å². The van der Waals surface area contributed by atoms with E-state index in [4.69, 9.17) is 5.73 Å². The molecule has 16 heavy (non-hydrogen) atoms. The van der Waals surface area contributed by atoms with E-state index in [9.17, 15) is 0 Å². The molecule has 1 unspecified atom stereocenters. The van der Waals surface area contributed by atoms with Crippen LogP contribution >= 0.6 is 0 Å². The summed E-state index contributed by atoms with van der Waals surface area (Å²) in [5.41, 5.74) is 8.87. The fourth-order valence-corrected chi connectivity index (χ4v) is 2.49. The van der Waals surface area contributed by atoms with Crippen molar-refractivity contribution >= 4 is 5.69 Å². The van der Waals surface area contributed by atoms with Crippen LogP contribution < -0.4 is 10.6 Å². The van der Waals surface area contributed by atoms with Gasteiger partial charge in [-0.2, -0.15) is 0 Å². The molecular formula is C14H22N2. The first kappa shape index (κ1) is 11.5. The molecule has 0 bridgehead atoms. The minimum Gasteiger partial charge on any atom is -0.370 e. The molecule has 88 valence electrons. The van der Waals surface area contributed by atoms with Gasteiger partial charge in [0.2, 0.25) is 0 Å². The lowest BCUT2D eigenvalue weighted by Crippen LogP contribution is -2.43. The zero-order chi connectivity index (χ0) is 11.5. The lowest BCUT2D eigenvalue weighted by molar-refractivity contribution is 0.504. The molecule has 2 heteroatoms. The molecule has 1 aromatic rings. The Hall–Kier alpha value is -1.02. The third-order valence-electron chi connectivity index (χ3n) is 3.36. The number of benzene rings is 1. The number of rotatable bonds is 2. The highest BCUT2D eigenvalue weighted by molar-refractivity contribution is 5.55. The molecule has 1 heterocycles. The highest BCUT2D eigenvalue weighted by Crippen LogP contribution is 2.29. The number of anilines is 1. The van der Waals surface area contributed by atoms with Crippen LogP contribution in [0, 0.1) is 0 Å². The number of hydrogen-bond acceptors (Lipinski definition) is 2. The number of hydrogen-bond donors (Lipinski definition) is 1. The van der Waals surface area contributed by atoms with Gasteiger partial charge >= 0.3 is 0 Å². The molecule has 0 saturated carbocycles. The summed E-state index contributed by atoms with van der Waals surface area (Å²) in [5, 5.41) is 0. The third-order valence-corrected chi connectivity index (χ3v) is 3.36. The van der Waals surface area contributed by atoms with Gasteiger partial charge in [-0.25, -0.2) is 0 Å². The van der Waals surface area contributed by atoms with Crippen molar-refractivity contribution in [3.05, 3.63) is 29.8 Å². The maximum atomic E-state index is 6.05. The molecule has 1 fully saturated rings.